The molecule has 0 fully saturated rings. The number of hydrogen-bond acceptors (Lipinski definition) is 3. The monoisotopic (exact) mass is 235 g/mol. The smallest absolute Gasteiger partial charge is 0.123 e. The maximum absolute atomic E-state index is 5.67. The summed E-state index contributed by atoms with van der Waals surface area (Å²) in [5, 5.41) is 1.13. The number of anilines is 1. The van der Waals surface area contributed by atoms with Crippen molar-refractivity contribution >= 4 is 16.7 Å². The molecule has 0 amide bonds. The van der Waals surface area contributed by atoms with E-state index in [1.54, 1.807) is 0 Å². The van der Waals surface area contributed by atoms with Crippen molar-refractivity contribution in [3.8, 4) is 11.1 Å². The minimum Gasteiger partial charge on any atom is -0.384 e. The molecule has 3 rings (SSSR count). The molecule has 0 unspecified atom stereocenters. The Morgan fingerprint density at radius 2 is 1.89 bits per heavy atom. The van der Waals surface area contributed by atoms with Gasteiger partial charge in [-0.3, -0.25) is 4.98 Å². The number of hydrogen-bond donors (Lipinski definition) is 1. The lowest BCUT2D eigenvalue weighted by Crippen LogP contribution is -1.94. The van der Waals surface area contributed by atoms with Gasteiger partial charge in [0.15, 0.2) is 0 Å². The molecule has 3 aromatic rings. The van der Waals surface area contributed by atoms with Crippen LogP contribution in [0.5, 0.6) is 0 Å². The molecule has 0 saturated carbocycles. The highest BCUT2D eigenvalue weighted by molar-refractivity contribution is 5.83. The van der Waals surface area contributed by atoms with Crippen molar-refractivity contribution in [2.24, 2.45) is 0 Å². The summed E-state index contributed by atoms with van der Waals surface area (Å²) in [4.78, 5) is 8.74. The minimum atomic E-state index is 0.546. The van der Waals surface area contributed by atoms with Crippen LogP contribution >= 0.6 is 0 Å². The van der Waals surface area contributed by atoms with Crippen molar-refractivity contribution in [3.63, 3.8) is 0 Å². The first-order valence-corrected chi connectivity index (χ1v) is 5.82. The van der Waals surface area contributed by atoms with Gasteiger partial charge in [0, 0.05) is 28.4 Å². The van der Waals surface area contributed by atoms with Gasteiger partial charge >= 0.3 is 0 Å². The third-order valence-corrected chi connectivity index (χ3v) is 3.01. The third kappa shape index (κ3) is 1.80. The second kappa shape index (κ2) is 4.11. The van der Waals surface area contributed by atoms with Crippen LogP contribution in [-0.4, -0.2) is 9.97 Å². The number of fused-ring (bicyclic) bond motifs is 1. The largest absolute Gasteiger partial charge is 0.384 e. The van der Waals surface area contributed by atoms with Crippen LogP contribution in [0.15, 0.2) is 48.7 Å². The van der Waals surface area contributed by atoms with E-state index in [4.69, 9.17) is 5.73 Å². The zero-order valence-corrected chi connectivity index (χ0v) is 10.1. The van der Waals surface area contributed by atoms with Gasteiger partial charge in [-0.1, -0.05) is 18.2 Å². The lowest BCUT2D eigenvalue weighted by molar-refractivity contribution is 1.21. The summed E-state index contributed by atoms with van der Waals surface area (Å²) in [6.07, 6.45) is 1.88. The second-order valence-electron chi connectivity index (χ2n) is 4.29. The van der Waals surface area contributed by atoms with Crippen molar-refractivity contribution in [2.45, 2.75) is 6.92 Å². The zero-order chi connectivity index (χ0) is 12.5. The topological polar surface area (TPSA) is 51.8 Å². The van der Waals surface area contributed by atoms with Gasteiger partial charge in [-0.2, -0.15) is 0 Å². The van der Waals surface area contributed by atoms with Crippen LogP contribution < -0.4 is 5.73 Å². The highest BCUT2D eigenvalue weighted by atomic mass is 14.8. The highest BCUT2D eigenvalue weighted by Gasteiger charge is 2.05. The Labute approximate surface area is 105 Å². The van der Waals surface area contributed by atoms with E-state index in [9.17, 15) is 0 Å². The first-order valence-electron chi connectivity index (χ1n) is 5.82. The Morgan fingerprint density at radius 1 is 1.06 bits per heavy atom. The van der Waals surface area contributed by atoms with E-state index >= 15 is 0 Å². The summed E-state index contributed by atoms with van der Waals surface area (Å²) >= 11 is 0. The number of aryl methyl sites for hydroxylation is 1. The standard InChI is InChI=1S/C15H13N3/c1-10-13(6-7-15(16)18-10)12-8-11-4-2-3-5-14(11)17-9-12/h2-9H,1H3,(H2,16,18). The average molecular weight is 235 g/mol. The van der Waals surface area contributed by atoms with Gasteiger partial charge in [-0.05, 0) is 31.2 Å². The van der Waals surface area contributed by atoms with Gasteiger partial charge in [-0.15, -0.1) is 0 Å². The molecular weight excluding hydrogens is 222 g/mol. The van der Waals surface area contributed by atoms with Gasteiger partial charge < -0.3 is 5.73 Å². The molecule has 2 N–H and O–H groups in total. The SMILES string of the molecule is Cc1nc(N)ccc1-c1cnc2ccccc2c1. The van der Waals surface area contributed by atoms with Crippen molar-refractivity contribution in [1.82, 2.24) is 9.97 Å². The summed E-state index contributed by atoms with van der Waals surface area (Å²) in [6.45, 7) is 1.96. The number of aromatic nitrogens is 2. The van der Waals surface area contributed by atoms with Gasteiger partial charge in [0.05, 0.1) is 5.52 Å². The fraction of sp³-hybridized carbons (Fsp3) is 0.0667. The molecule has 0 aliphatic heterocycles. The molecule has 3 heteroatoms. The molecule has 0 radical (unpaired) electrons. The van der Waals surface area contributed by atoms with E-state index in [1.165, 1.54) is 0 Å². The number of nitrogens with two attached hydrogens (primary N) is 1. The molecule has 88 valence electrons. The van der Waals surface area contributed by atoms with E-state index in [0.29, 0.717) is 5.82 Å². The normalized spacial score (nSPS) is 10.7. The van der Waals surface area contributed by atoms with Gasteiger partial charge in [0.25, 0.3) is 0 Å². The summed E-state index contributed by atoms with van der Waals surface area (Å²) in [5.74, 6) is 0.546. The molecule has 0 aliphatic carbocycles. The minimum absolute atomic E-state index is 0.546. The molecule has 0 spiro atoms. The fourth-order valence-electron chi connectivity index (χ4n) is 2.10. The van der Waals surface area contributed by atoms with Crippen molar-refractivity contribution in [2.75, 3.05) is 5.73 Å². The lowest BCUT2D eigenvalue weighted by atomic mass is 10.0. The van der Waals surface area contributed by atoms with E-state index in [2.05, 4.69) is 22.1 Å². The Morgan fingerprint density at radius 3 is 2.72 bits per heavy atom. The molecule has 3 nitrogen and oxygen atoms in total. The van der Waals surface area contributed by atoms with Crippen LogP contribution in [0.2, 0.25) is 0 Å². The summed E-state index contributed by atoms with van der Waals surface area (Å²) in [6, 6.07) is 14.0. The summed E-state index contributed by atoms with van der Waals surface area (Å²) in [7, 11) is 0. The summed E-state index contributed by atoms with van der Waals surface area (Å²) in [5.41, 5.74) is 9.73. The first kappa shape index (κ1) is 10.7. The number of nitrogens with zero attached hydrogens (tertiary/aromatic N) is 2. The van der Waals surface area contributed by atoms with E-state index < -0.39 is 0 Å². The van der Waals surface area contributed by atoms with Crippen molar-refractivity contribution in [3.05, 3.63) is 54.4 Å². The maximum Gasteiger partial charge on any atom is 0.123 e. The fourth-order valence-corrected chi connectivity index (χ4v) is 2.10. The van der Waals surface area contributed by atoms with Gasteiger partial charge in [-0.25, -0.2) is 4.98 Å². The number of nitrogen functional groups attached to an aromatic ring is 1. The molecule has 2 heterocycles. The Kier molecular flexibility index (Phi) is 2.45. The quantitative estimate of drug-likeness (QED) is 0.704. The Balaban J connectivity index is 2.19. The van der Waals surface area contributed by atoms with E-state index in [-0.39, 0.29) is 0 Å². The number of pyridine rings is 2. The molecule has 2 aromatic heterocycles. The number of para-hydroxylation sites is 1. The molecule has 0 aliphatic rings. The zero-order valence-electron chi connectivity index (χ0n) is 10.1. The van der Waals surface area contributed by atoms with Crippen LogP contribution in [0.4, 0.5) is 5.82 Å². The average Bonchev–Trinajstić information content (AvgIpc) is 2.38. The second-order valence-corrected chi connectivity index (χ2v) is 4.29. The van der Waals surface area contributed by atoms with Crippen LogP contribution in [0.25, 0.3) is 22.0 Å². The number of benzene rings is 1. The molecule has 18 heavy (non-hydrogen) atoms. The number of rotatable bonds is 1. The maximum atomic E-state index is 5.67. The molecule has 0 saturated heterocycles. The van der Waals surface area contributed by atoms with Crippen LogP contribution in [0.3, 0.4) is 0 Å². The van der Waals surface area contributed by atoms with Gasteiger partial charge in [0.2, 0.25) is 0 Å². The Bertz CT molecular complexity index is 720. The van der Waals surface area contributed by atoms with Gasteiger partial charge in [0.1, 0.15) is 5.82 Å². The molecule has 0 atom stereocenters. The first-order chi connectivity index (χ1) is 8.74. The van der Waals surface area contributed by atoms with E-state index in [1.807, 2.05) is 43.5 Å². The Hall–Kier alpha value is -2.42. The van der Waals surface area contributed by atoms with Crippen molar-refractivity contribution in [1.29, 1.82) is 0 Å². The van der Waals surface area contributed by atoms with Crippen LogP contribution in [-0.2, 0) is 0 Å². The third-order valence-electron chi connectivity index (χ3n) is 3.01. The van der Waals surface area contributed by atoms with Crippen LogP contribution in [0.1, 0.15) is 5.69 Å². The predicted molar refractivity (Wildman–Crippen MR) is 74.1 cm³/mol. The molecule has 0 bridgehead atoms. The van der Waals surface area contributed by atoms with E-state index in [0.717, 1.165) is 27.7 Å². The predicted octanol–water partition coefficient (Wildman–Crippen LogP) is 3.19. The lowest BCUT2D eigenvalue weighted by Gasteiger charge is -2.07. The highest BCUT2D eigenvalue weighted by Crippen LogP contribution is 2.25. The molecule has 1 aromatic carbocycles. The molecular formula is C15H13N3. The van der Waals surface area contributed by atoms with Crippen molar-refractivity contribution < 1.29 is 0 Å². The summed E-state index contributed by atoms with van der Waals surface area (Å²) < 4.78 is 0. The van der Waals surface area contributed by atoms with Crippen LogP contribution in [0, 0.1) is 6.92 Å².